The summed E-state index contributed by atoms with van der Waals surface area (Å²) in [5.41, 5.74) is 3.32. The monoisotopic (exact) mass is 374 g/mol. The molecular formula is C20H23ClN2O3. The molecule has 2 aromatic carbocycles. The highest BCUT2D eigenvalue weighted by Crippen LogP contribution is 2.19. The summed E-state index contributed by atoms with van der Waals surface area (Å²) in [6, 6.07) is 18.5. The third-order valence-electron chi connectivity index (χ3n) is 4.44. The van der Waals surface area contributed by atoms with E-state index in [1.807, 2.05) is 30.3 Å². The molecule has 0 bridgehead atoms. The zero-order chi connectivity index (χ0) is 17.5. The fourth-order valence-corrected chi connectivity index (χ4v) is 2.89. The van der Waals surface area contributed by atoms with Gasteiger partial charge in [-0.1, -0.05) is 59.8 Å². The normalized spacial score (nSPS) is 19.7. The van der Waals surface area contributed by atoms with Crippen molar-refractivity contribution in [2.24, 2.45) is 11.1 Å². The number of benzene rings is 2. The van der Waals surface area contributed by atoms with E-state index in [2.05, 4.69) is 34.7 Å². The van der Waals surface area contributed by atoms with E-state index in [1.165, 1.54) is 5.56 Å². The van der Waals surface area contributed by atoms with E-state index in [1.54, 1.807) is 6.21 Å². The summed E-state index contributed by atoms with van der Waals surface area (Å²) in [4.78, 5) is 16.2. The number of nitrogens with zero attached hydrogens (tertiary/aromatic N) is 1. The van der Waals surface area contributed by atoms with Gasteiger partial charge in [-0.15, -0.1) is 12.4 Å². The maximum atomic E-state index is 10.9. The fraction of sp³-hybridized carbons (Fsp3) is 0.300. The van der Waals surface area contributed by atoms with Crippen LogP contribution in [0.1, 0.15) is 18.4 Å². The molecule has 3 rings (SSSR count). The van der Waals surface area contributed by atoms with Crippen molar-refractivity contribution in [1.82, 2.24) is 5.32 Å². The molecule has 2 N–H and O–H groups in total. The van der Waals surface area contributed by atoms with Gasteiger partial charge in [0.25, 0.3) is 0 Å². The molecule has 1 aliphatic heterocycles. The van der Waals surface area contributed by atoms with Crippen molar-refractivity contribution in [3.63, 3.8) is 0 Å². The first kappa shape index (κ1) is 19.9. The predicted octanol–water partition coefficient (Wildman–Crippen LogP) is 3.58. The summed E-state index contributed by atoms with van der Waals surface area (Å²) in [6.45, 7) is 0.943. The third-order valence-corrected chi connectivity index (χ3v) is 4.44. The molecular weight excluding hydrogens is 352 g/mol. The molecule has 0 saturated carbocycles. The Morgan fingerprint density at radius 2 is 1.81 bits per heavy atom. The lowest BCUT2D eigenvalue weighted by atomic mass is 9.95. The molecule has 26 heavy (non-hydrogen) atoms. The number of carboxylic acids is 1. The van der Waals surface area contributed by atoms with Crippen LogP contribution in [0.15, 0.2) is 59.8 Å². The Bertz CT molecular complexity index is 712. The standard InChI is InChI=1S/C20H22N2O3.ClH/c23-20(24)18-10-11-19(21-13-18)14-25-22-12-15-6-8-17(9-7-15)16-4-2-1-3-5-16;/h1-9,12,18-19,21H,10-11,13-14H2,(H,23,24);1H/b22-12+;/t18-,19+;/m1./s1. The molecule has 1 heterocycles. The van der Waals surface area contributed by atoms with Crippen LogP contribution in [-0.4, -0.2) is 36.5 Å². The lowest BCUT2D eigenvalue weighted by Gasteiger charge is -2.26. The van der Waals surface area contributed by atoms with Crippen molar-refractivity contribution in [1.29, 1.82) is 0 Å². The number of halogens is 1. The van der Waals surface area contributed by atoms with E-state index in [4.69, 9.17) is 9.94 Å². The third kappa shape index (κ3) is 5.58. The second-order valence-corrected chi connectivity index (χ2v) is 6.24. The Morgan fingerprint density at radius 1 is 1.12 bits per heavy atom. The van der Waals surface area contributed by atoms with Gasteiger partial charge in [-0.05, 0) is 29.5 Å². The largest absolute Gasteiger partial charge is 0.481 e. The molecule has 2 atom stereocenters. The minimum absolute atomic E-state index is 0. The van der Waals surface area contributed by atoms with E-state index in [-0.39, 0.29) is 24.4 Å². The summed E-state index contributed by atoms with van der Waals surface area (Å²) in [5.74, 6) is -1.02. The van der Waals surface area contributed by atoms with Crippen LogP contribution in [-0.2, 0) is 9.63 Å². The molecule has 0 radical (unpaired) electrons. The first-order chi connectivity index (χ1) is 12.2. The van der Waals surface area contributed by atoms with Crippen LogP contribution >= 0.6 is 12.4 Å². The number of oxime groups is 1. The van der Waals surface area contributed by atoms with Gasteiger partial charge < -0.3 is 15.3 Å². The lowest BCUT2D eigenvalue weighted by molar-refractivity contribution is -0.142. The zero-order valence-electron chi connectivity index (χ0n) is 14.4. The summed E-state index contributed by atoms with van der Waals surface area (Å²) in [6.07, 6.45) is 3.16. The van der Waals surface area contributed by atoms with E-state index < -0.39 is 5.97 Å². The summed E-state index contributed by atoms with van der Waals surface area (Å²) < 4.78 is 0. The summed E-state index contributed by atoms with van der Waals surface area (Å²) >= 11 is 0. The number of piperidine rings is 1. The topological polar surface area (TPSA) is 70.9 Å². The van der Waals surface area contributed by atoms with Crippen LogP contribution in [0.2, 0.25) is 0 Å². The molecule has 0 aromatic heterocycles. The molecule has 5 nitrogen and oxygen atoms in total. The molecule has 6 heteroatoms. The minimum atomic E-state index is -0.733. The van der Waals surface area contributed by atoms with Crippen LogP contribution in [0, 0.1) is 5.92 Å². The van der Waals surface area contributed by atoms with Crippen molar-refractivity contribution in [3.8, 4) is 11.1 Å². The minimum Gasteiger partial charge on any atom is -0.481 e. The molecule has 0 amide bonds. The Kier molecular flexibility index (Phi) is 7.63. The predicted molar refractivity (Wildman–Crippen MR) is 105 cm³/mol. The van der Waals surface area contributed by atoms with Crippen molar-refractivity contribution >= 4 is 24.6 Å². The van der Waals surface area contributed by atoms with Crippen molar-refractivity contribution in [2.75, 3.05) is 13.2 Å². The summed E-state index contributed by atoms with van der Waals surface area (Å²) in [5, 5.41) is 16.2. The highest BCUT2D eigenvalue weighted by molar-refractivity contribution is 5.85. The SMILES string of the molecule is Cl.O=C(O)[C@@H]1CC[C@@H](CO/N=C/c2ccc(-c3ccccc3)cc2)NC1. The number of hydrogen-bond donors (Lipinski definition) is 2. The van der Waals surface area contributed by atoms with Crippen molar-refractivity contribution < 1.29 is 14.7 Å². The zero-order valence-corrected chi connectivity index (χ0v) is 15.2. The number of nitrogens with one attached hydrogen (secondary N) is 1. The van der Waals surface area contributed by atoms with Gasteiger partial charge in [-0.2, -0.15) is 0 Å². The van der Waals surface area contributed by atoms with E-state index in [9.17, 15) is 4.79 Å². The summed E-state index contributed by atoms with van der Waals surface area (Å²) in [7, 11) is 0. The van der Waals surface area contributed by atoms with Gasteiger partial charge in [0, 0.05) is 12.6 Å². The van der Waals surface area contributed by atoms with Crippen LogP contribution in [0.25, 0.3) is 11.1 Å². The quantitative estimate of drug-likeness (QED) is 0.599. The van der Waals surface area contributed by atoms with Gasteiger partial charge in [0.2, 0.25) is 0 Å². The van der Waals surface area contributed by atoms with E-state index in [0.717, 1.165) is 17.5 Å². The Labute approximate surface area is 159 Å². The van der Waals surface area contributed by atoms with Gasteiger partial charge in [0.05, 0.1) is 12.1 Å². The Hall–Kier alpha value is -2.37. The molecule has 0 spiro atoms. The lowest BCUT2D eigenvalue weighted by Crippen LogP contribution is -2.43. The van der Waals surface area contributed by atoms with Crippen LogP contribution < -0.4 is 5.32 Å². The van der Waals surface area contributed by atoms with Crippen molar-refractivity contribution in [3.05, 3.63) is 60.2 Å². The molecule has 138 valence electrons. The highest BCUT2D eigenvalue weighted by atomic mass is 35.5. The van der Waals surface area contributed by atoms with Crippen LogP contribution in [0.3, 0.4) is 0 Å². The average Bonchev–Trinajstić information content (AvgIpc) is 2.67. The average molecular weight is 375 g/mol. The maximum Gasteiger partial charge on any atom is 0.307 e. The highest BCUT2D eigenvalue weighted by Gasteiger charge is 2.25. The smallest absolute Gasteiger partial charge is 0.307 e. The molecule has 0 unspecified atom stereocenters. The molecule has 1 saturated heterocycles. The van der Waals surface area contributed by atoms with Gasteiger partial charge in [-0.3, -0.25) is 4.79 Å². The van der Waals surface area contributed by atoms with Crippen molar-refractivity contribution in [2.45, 2.75) is 18.9 Å². The van der Waals surface area contributed by atoms with E-state index >= 15 is 0 Å². The number of carboxylic acid groups (broad SMARTS) is 1. The number of carbonyl (C=O) groups is 1. The number of hydrogen-bond acceptors (Lipinski definition) is 4. The van der Waals surface area contributed by atoms with E-state index in [0.29, 0.717) is 19.6 Å². The molecule has 2 aromatic rings. The second-order valence-electron chi connectivity index (χ2n) is 6.24. The van der Waals surface area contributed by atoms with Gasteiger partial charge in [-0.25, -0.2) is 0 Å². The molecule has 1 fully saturated rings. The number of aliphatic carboxylic acids is 1. The van der Waals surface area contributed by atoms with Gasteiger partial charge in [0.1, 0.15) is 6.61 Å². The first-order valence-electron chi connectivity index (χ1n) is 8.49. The van der Waals surface area contributed by atoms with Crippen LogP contribution in [0.5, 0.6) is 0 Å². The Morgan fingerprint density at radius 3 is 2.42 bits per heavy atom. The molecule has 0 aliphatic carbocycles. The second kappa shape index (κ2) is 9.94. The van der Waals surface area contributed by atoms with Gasteiger partial charge in [0.15, 0.2) is 0 Å². The fourth-order valence-electron chi connectivity index (χ4n) is 2.89. The van der Waals surface area contributed by atoms with Gasteiger partial charge >= 0.3 is 5.97 Å². The number of rotatable bonds is 6. The first-order valence-corrected chi connectivity index (χ1v) is 8.49. The van der Waals surface area contributed by atoms with Crippen LogP contribution in [0.4, 0.5) is 0 Å². The molecule has 1 aliphatic rings. The Balaban J connectivity index is 0.00000243. The maximum absolute atomic E-state index is 10.9.